The van der Waals surface area contributed by atoms with Crippen LogP contribution in [0.15, 0.2) is 35.7 Å². The molecule has 0 aliphatic heterocycles. The van der Waals surface area contributed by atoms with E-state index in [1.807, 2.05) is 70.2 Å². The molecule has 0 atom stereocenters. The number of allylic oxidation sites excluding steroid dienone is 1. The third-order valence-corrected chi connectivity index (χ3v) is 5.51. The molecule has 0 spiro atoms. The second-order valence-electron chi connectivity index (χ2n) is 5.94. The molecule has 3 aromatic heterocycles. The van der Waals surface area contributed by atoms with Crippen LogP contribution >= 0.6 is 27.5 Å². The van der Waals surface area contributed by atoms with Gasteiger partial charge in [0.2, 0.25) is 0 Å². The van der Waals surface area contributed by atoms with E-state index < -0.39 is 0 Å². The summed E-state index contributed by atoms with van der Waals surface area (Å²) in [4.78, 5) is 4.53. The molecule has 3 heterocycles. The number of hydrogen-bond donors (Lipinski definition) is 1. The molecule has 0 unspecified atom stereocenters. The standard InChI is InChI=1S/C16H17BrN6S.C3H8.C2H6/c1-5-6-23-13(12-7-19-22(4)9-12)8-18-15(23)11(3)20-16-14(17)10(2)21-24-16;1-3-2;1-2/h5-9,20H,3H2,1-2,4H3;3H2,1-2H3;1-2H3/b6-5-;;. The number of halogens is 1. The van der Waals surface area contributed by atoms with Gasteiger partial charge in [-0.15, -0.1) is 0 Å². The molecular formula is C21H31BrN6S. The maximum atomic E-state index is 4.53. The van der Waals surface area contributed by atoms with Crippen molar-refractivity contribution in [2.75, 3.05) is 5.32 Å². The van der Waals surface area contributed by atoms with Crippen molar-refractivity contribution in [3.8, 4) is 11.3 Å². The third kappa shape index (κ3) is 6.40. The first-order valence-corrected chi connectivity index (χ1v) is 11.3. The lowest BCUT2D eigenvalue weighted by Gasteiger charge is -2.10. The number of imidazole rings is 1. The molecule has 0 amide bonds. The van der Waals surface area contributed by atoms with Crippen molar-refractivity contribution in [3.05, 3.63) is 47.2 Å². The minimum Gasteiger partial charge on any atom is -0.342 e. The second-order valence-corrected chi connectivity index (χ2v) is 7.51. The summed E-state index contributed by atoms with van der Waals surface area (Å²) in [6, 6.07) is 0. The number of aromatic nitrogens is 5. The fourth-order valence-electron chi connectivity index (χ4n) is 2.28. The lowest BCUT2D eigenvalue weighted by Crippen LogP contribution is -2.04. The van der Waals surface area contributed by atoms with Crippen LogP contribution in [0.25, 0.3) is 23.2 Å². The smallest absolute Gasteiger partial charge is 0.160 e. The third-order valence-electron chi connectivity index (χ3n) is 3.42. The van der Waals surface area contributed by atoms with Gasteiger partial charge in [-0.25, -0.2) is 4.98 Å². The molecule has 0 bridgehead atoms. The van der Waals surface area contributed by atoms with E-state index in [2.05, 4.69) is 56.1 Å². The highest BCUT2D eigenvalue weighted by atomic mass is 79.9. The SMILES string of the molecule is C=C(Nc1snc(C)c1Br)c1ncc(-c2cnn(C)c2)n1/C=C\C.CC.CCC. The van der Waals surface area contributed by atoms with Crippen LogP contribution in [-0.4, -0.2) is 23.7 Å². The minimum atomic E-state index is 0.701. The van der Waals surface area contributed by atoms with Crippen LogP contribution in [0.4, 0.5) is 5.00 Å². The van der Waals surface area contributed by atoms with Crippen LogP contribution in [0.2, 0.25) is 0 Å². The molecule has 0 radical (unpaired) electrons. The predicted octanol–water partition coefficient (Wildman–Crippen LogP) is 6.83. The van der Waals surface area contributed by atoms with E-state index in [4.69, 9.17) is 0 Å². The van der Waals surface area contributed by atoms with Gasteiger partial charge < -0.3 is 5.32 Å². The zero-order valence-corrected chi connectivity index (χ0v) is 20.7. The van der Waals surface area contributed by atoms with Crippen LogP contribution in [-0.2, 0) is 7.05 Å². The van der Waals surface area contributed by atoms with E-state index in [-0.39, 0.29) is 0 Å². The van der Waals surface area contributed by atoms with Crippen LogP contribution < -0.4 is 5.32 Å². The molecule has 0 saturated heterocycles. The Morgan fingerprint density at radius 2 is 1.97 bits per heavy atom. The Morgan fingerprint density at radius 3 is 2.45 bits per heavy atom. The van der Waals surface area contributed by atoms with Crippen molar-refractivity contribution in [2.45, 2.75) is 48.0 Å². The molecular weight excluding hydrogens is 448 g/mol. The van der Waals surface area contributed by atoms with Gasteiger partial charge in [-0.1, -0.05) is 46.8 Å². The Morgan fingerprint density at radius 1 is 1.31 bits per heavy atom. The van der Waals surface area contributed by atoms with Crippen molar-refractivity contribution in [1.82, 2.24) is 23.7 Å². The zero-order chi connectivity index (χ0) is 22.0. The molecule has 0 fully saturated rings. The van der Waals surface area contributed by atoms with Gasteiger partial charge in [0.25, 0.3) is 0 Å². The maximum Gasteiger partial charge on any atom is 0.160 e. The van der Waals surface area contributed by atoms with E-state index in [9.17, 15) is 0 Å². The van der Waals surface area contributed by atoms with Gasteiger partial charge in [-0.3, -0.25) is 9.25 Å². The van der Waals surface area contributed by atoms with E-state index in [0.717, 1.165) is 32.2 Å². The van der Waals surface area contributed by atoms with Crippen LogP contribution in [0.3, 0.4) is 0 Å². The van der Waals surface area contributed by atoms with Crippen molar-refractivity contribution in [2.24, 2.45) is 7.05 Å². The molecule has 0 aliphatic rings. The first-order valence-electron chi connectivity index (χ1n) is 9.69. The summed E-state index contributed by atoms with van der Waals surface area (Å²) < 4.78 is 9.03. The fraction of sp³-hybridized carbons (Fsp3) is 0.381. The molecule has 29 heavy (non-hydrogen) atoms. The molecule has 0 saturated carbocycles. The van der Waals surface area contributed by atoms with E-state index in [1.165, 1.54) is 18.0 Å². The van der Waals surface area contributed by atoms with Crippen LogP contribution in [0.1, 0.15) is 52.6 Å². The van der Waals surface area contributed by atoms with Crippen molar-refractivity contribution < 1.29 is 0 Å². The Balaban J connectivity index is 0.000000771. The maximum absolute atomic E-state index is 4.53. The number of anilines is 1. The first kappa shape index (κ1) is 24.8. The lowest BCUT2D eigenvalue weighted by molar-refractivity contribution is 0.768. The molecule has 3 aromatic rings. The fourth-order valence-corrected chi connectivity index (χ4v) is 3.52. The van der Waals surface area contributed by atoms with Gasteiger partial charge in [-0.05, 0) is 41.3 Å². The Labute approximate surface area is 186 Å². The Kier molecular flexibility index (Phi) is 10.6. The first-order chi connectivity index (χ1) is 13.9. The highest BCUT2D eigenvalue weighted by Gasteiger charge is 2.16. The molecule has 8 heteroatoms. The Hall–Kier alpha value is -2.19. The van der Waals surface area contributed by atoms with Crippen LogP contribution in [0, 0.1) is 6.92 Å². The highest BCUT2D eigenvalue weighted by molar-refractivity contribution is 9.10. The zero-order valence-electron chi connectivity index (χ0n) is 18.3. The largest absolute Gasteiger partial charge is 0.342 e. The normalized spacial score (nSPS) is 10.2. The second kappa shape index (κ2) is 12.4. The van der Waals surface area contributed by atoms with Gasteiger partial charge in [-0.2, -0.15) is 9.47 Å². The van der Waals surface area contributed by atoms with E-state index in [1.54, 1.807) is 4.68 Å². The summed E-state index contributed by atoms with van der Waals surface area (Å²) in [7, 11) is 1.89. The van der Waals surface area contributed by atoms with E-state index in [0.29, 0.717) is 5.70 Å². The summed E-state index contributed by atoms with van der Waals surface area (Å²) in [5.74, 6) is 0.741. The molecule has 1 N–H and O–H groups in total. The minimum absolute atomic E-state index is 0.701. The van der Waals surface area contributed by atoms with Crippen molar-refractivity contribution in [1.29, 1.82) is 0 Å². The van der Waals surface area contributed by atoms with E-state index >= 15 is 0 Å². The molecule has 6 nitrogen and oxygen atoms in total. The highest BCUT2D eigenvalue weighted by Crippen LogP contribution is 2.33. The van der Waals surface area contributed by atoms with Gasteiger partial charge in [0.05, 0.1) is 34.0 Å². The number of hydrogen-bond acceptors (Lipinski definition) is 5. The average Bonchev–Trinajstić information content (AvgIpc) is 3.40. The van der Waals surface area contributed by atoms with Gasteiger partial charge in [0.15, 0.2) is 5.82 Å². The summed E-state index contributed by atoms with van der Waals surface area (Å²) >= 11 is 4.92. The number of aryl methyl sites for hydroxylation is 2. The van der Waals surface area contributed by atoms with Crippen LogP contribution in [0.5, 0.6) is 0 Å². The number of rotatable bonds is 5. The lowest BCUT2D eigenvalue weighted by atomic mass is 10.3. The summed E-state index contributed by atoms with van der Waals surface area (Å²) in [5, 5.41) is 8.44. The van der Waals surface area contributed by atoms with Gasteiger partial charge >= 0.3 is 0 Å². The Bertz CT molecular complexity index is 935. The number of nitrogens with one attached hydrogen (secondary N) is 1. The van der Waals surface area contributed by atoms with Crippen molar-refractivity contribution in [3.63, 3.8) is 0 Å². The monoisotopic (exact) mass is 478 g/mol. The average molecular weight is 479 g/mol. The van der Waals surface area contributed by atoms with Gasteiger partial charge in [0.1, 0.15) is 5.00 Å². The summed E-state index contributed by atoms with van der Waals surface area (Å²) in [6.07, 6.45) is 10.8. The molecule has 0 aliphatic carbocycles. The quantitative estimate of drug-likeness (QED) is 0.436. The van der Waals surface area contributed by atoms with Gasteiger partial charge in [0, 0.05) is 25.0 Å². The molecule has 158 valence electrons. The summed E-state index contributed by atoms with van der Waals surface area (Å²) in [5.41, 5.74) is 3.60. The number of nitrogens with zero attached hydrogens (tertiary/aromatic N) is 5. The summed E-state index contributed by atoms with van der Waals surface area (Å²) in [6.45, 7) is 16.3. The topological polar surface area (TPSA) is 60.6 Å². The predicted molar refractivity (Wildman–Crippen MR) is 130 cm³/mol. The molecule has 0 aromatic carbocycles. The van der Waals surface area contributed by atoms with Crippen molar-refractivity contribution >= 4 is 44.4 Å². The molecule has 3 rings (SSSR count).